The molecule has 7 nitrogen and oxygen atoms in total. The Morgan fingerprint density at radius 3 is 2.81 bits per heavy atom. The smallest absolute Gasteiger partial charge is 0.252 e. The summed E-state index contributed by atoms with van der Waals surface area (Å²) < 4.78 is 5.35. The first kappa shape index (κ1) is 16.4. The van der Waals surface area contributed by atoms with Crippen LogP contribution in [-0.2, 0) is 0 Å². The number of carbonyl (C=O) groups is 1. The number of nitrogens with one attached hydrogen (secondary N) is 1. The number of amides is 1. The van der Waals surface area contributed by atoms with E-state index in [2.05, 4.69) is 25.4 Å². The van der Waals surface area contributed by atoms with Gasteiger partial charge in [-0.25, -0.2) is 0 Å². The molecule has 1 amide bonds. The van der Waals surface area contributed by atoms with Gasteiger partial charge in [-0.1, -0.05) is 5.16 Å². The van der Waals surface area contributed by atoms with E-state index in [1.807, 2.05) is 26.0 Å². The molecule has 7 heteroatoms. The van der Waals surface area contributed by atoms with E-state index in [1.165, 1.54) is 12.8 Å². The quantitative estimate of drug-likeness (QED) is 0.760. The molecule has 1 aliphatic rings. The van der Waals surface area contributed by atoms with Gasteiger partial charge in [-0.2, -0.15) is 4.98 Å². The normalized spacial score (nSPS) is 14.8. The lowest BCUT2D eigenvalue weighted by molar-refractivity contribution is 0.0932. The first-order chi connectivity index (χ1) is 12.6. The molecule has 26 heavy (non-hydrogen) atoms. The molecule has 1 fully saturated rings. The van der Waals surface area contributed by atoms with E-state index in [-0.39, 0.29) is 5.91 Å². The lowest BCUT2D eigenvalue weighted by atomic mass is 10.1. The average Bonchev–Trinajstić information content (AvgIpc) is 3.38. The van der Waals surface area contributed by atoms with Crippen LogP contribution in [0.3, 0.4) is 0 Å². The summed E-state index contributed by atoms with van der Waals surface area (Å²) in [6.07, 6.45) is 5.76. The van der Waals surface area contributed by atoms with Crippen LogP contribution in [0.4, 0.5) is 0 Å². The van der Waals surface area contributed by atoms with Crippen molar-refractivity contribution in [3.63, 3.8) is 0 Å². The Morgan fingerprint density at radius 2 is 2.04 bits per heavy atom. The third kappa shape index (κ3) is 3.46. The maximum absolute atomic E-state index is 12.3. The van der Waals surface area contributed by atoms with Crippen LogP contribution in [0.2, 0.25) is 0 Å². The van der Waals surface area contributed by atoms with Crippen molar-refractivity contribution >= 4 is 5.91 Å². The first-order valence-corrected chi connectivity index (χ1v) is 8.63. The molecule has 3 aromatic heterocycles. The minimum Gasteiger partial charge on any atom is -0.341 e. The molecule has 1 atom stereocenters. The molecule has 132 valence electrons. The topological polar surface area (TPSA) is 93.8 Å². The van der Waals surface area contributed by atoms with Crippen LogP contribution >= 0.6 is 0 Å². The van der Waals surface area contributed by atoms with Gasteiger partial charge in [0, 0.05) is 40.8 Å². The number of hydrogen-bond acceptors (Lipinski definition) is 6. The molecule has 1 N–H and O–H groups in total. The highest BCUT2D eigenvalue weighted by Gasteiger charge is 2.25. The number of rotatable bonds is 5. The Hall–Kier alpha value is -3.09. The summed E-state index contributed by atoms with van der Waals surface area (Å²) in [5.41, 5.74) is 3.28. The Kier molecular flexibility index (Phi) is 4.20. The SMILES string of the molecule is Cc1cc(C(=O)N[C@@H](C)c2nc(-c3ccnc(C4CC4)c3)no2)ccn1. The van der Waals surface area contributed by atoms with Gasteiger partial charge < -0.3 is 9.84 Å². The van der Waals surface area contributed by atoms with Gasteiger partial charge in [0.05, 0.1) is 0 Å². The molecule has 0 aliphatic heterocycles. The van der Waals surface area contributed by atoms with Gasteiger partial charge in [-0.3, -0.25) is 14.8 Å². The summed E-state index contributed by atoms with van der Waals surface area (Å²) in [5, 5.41) is 6.92. The maximum Gasteiger partial charge on any atom is 0.252 e. The Bertz CT molecular complexity index is 948. The Morgan fingerprint density at radius 1 is 1.23 bits per heavy atom. The molecule has 0 unspecified atom stereocenters. The van der Waals surface area contributed by atoms with Crippen molar-refractivity contribution < 1.29 is 9.32 Å². The highest BCUT2D eigenvalue weighted by Crippen LogP contribution is 2.39. The number of aryl methyl sites for hydroxylation is 1. The molecule has 3 aromatic rings. The molecule has 0 radical (unpaired) electrons. The van der Waals surface area contributed by atoms with Gasteiger partial charge in [0.25, 0.3) is 5.91 Å². The van der Waals surface area contributed by atoms with Crippen LogP contribution in [0.25, 0.3) is 11.4 Å². The van der Waals surface area contributed by atoms with Crippen molar-refractivity contribution in [2.45, 2.75) is 38.6 Å². The van der Waals surface area contributed by atoms with Crippen molar-refractivity contribution in [1.82, 2.24) is 25.4 Å². The number of nitrogens with zero attached hydrogens (tertiary/aromatic N) is 4. The Balaban J connectivity index is 1.48. The summed E-state index contributed by atoms with van der Waals surface area (Å²) in [5.74, 6) is 1.22. The van der Waals surface area contributed by atoms with Gasteiger partial charge in [-0.15, -0.1) is 0 Å². The standard InChI is InChI=1S/C19H19N5O2/c1-11-9-15(6-7-20-11)18(25)22-12(2)19-23-17(24-26-19)14-5-8-21-16(10-14)13-3-4-13/h5-10,12-13H,3-4H2,1-2H3,(H,22,25)/t12-/m0/s1. The van der Waals surface area contributed by atoms with E-state index in [9.17, 15) is 4.79 Å². The van der Waals surface area contributed by atoms with E-state index in [4.69, 9.17) is 4.52 Å². The number of carbonyl (C=O) groups excluding carboxylic acids is 1. The zero-order valence-electron chi connectivity index (χ0n) is 14.6. The van der Waals surface area contributed by atoms with E-state index in [1.54, 1.807) is 24.5 Å². The fourth-order valence-corrected chi connectivity index (χ4v) is 2.75. The molecule has 0 aromatic carbocycles. The van der Waals surface area contributed by atoms with Crippen LogP contribution < -0.4 is 5.32 Å². The highest BCUT2D eigenvalue weighted by atomic mass is 16.5. The third-order valence-corrected chi connectivity index (χ3v) is 4.35. The van der Waals surface area contributed by atoms with Crippen LogP contribution in [0.1, 0.15) is 59.4 Å². The maximum atomic E-state index is 12.3. The fourth-order valence-electron chi connectivity index (χ4n) is 2.75. The third-order valence-electron chi connectivity index (χ3n) is 4.35. The van der Waals surface area contributed by atoms with Crippen molar-refractivity contribution in [3.8, 4) is 11.4 Å². The van der Waals surface area contributed by atoms with Crippen LogP contribution in [0.5, 0.6) is 0 Å². The van der Waals surface area contributed by atoms with Crippen LogP contribution in [0.15, 0.2) is 41.2 Å². The fraction of sp³-hybridized carbons (Fsp3) is 0.316. The molecular weight excluding hydrogens is 330 g/mol. The number of aromatic nitrogens is 4. The predicted octanol–water partition coefficient (Wildman–Crippen LogP) is 3.20. The van der Waals surface area contributed by atoms with Crippen molar-refractivity contribution in [3.05, 3.63) is 59.5 Å². The van der Waals surface area contributed by atoms with E-state index < -0.39 is 6.04 Å². The second-order valence-corrected chi connectivity index (χ2v) is 6.58. The molecule has 1 aliphatic carbocycles. The van der Waals surface area contributed by atoms with E-state index in [0.717, 1.165) is 17.0 Å². The summed E-state index contributed by atoms with van der Waals surface area (Å²) in [6, 6.07) is 6.88. The van der Waals surface area contributed by atoms with E-state index in [0.29, 0.717) is 23.2 Å². The van der Waals surface area contributed by atoms with Gasteiger partial charge in [0.1, 0.15) is 6.04 Å². The van der Waals surface area contributed by atoms with Crippen LogP contribution in [0, 0.1) is 6.92 Å². The van der Waals surface area contributed by atoms with Gasteiger partial charge >= 0.3 is 0 Å². The molecule has 3 heterocycles. The molecule has 0 saturated heterocycles. The number of hydrogen-bond donors (Lipinski definition) is 1. The summed E-state index contributed by atoms with van der Waals surface area (Å²) in [4.78, 5) is 25.3. The Labute approximate surface area is 150 Å². The van der Waals surface area contributed by atoms with E-state index >= 15 is 0 Å². The van der Waals surface area contributed by atoms with Crippen molar-refractivity contribution in [2.75, 3.05) is 0 Å². The predicted molar refractivity (Wildman–Crippen MR) is 94.4 cm³/mol. The monoisotopic (exact) mass is 349 g/mol. The van der Waals surface area contributed by atoms with Crippen molar-refractivity contribution in [2.24, 2.45) is 0 Å². The average molecular weight is 349 g/mol. The summed E-state index contributed by atoms with van der Waals surface area (Å²) in [7, 11) is 0. The second-order valence-electron chi connectivity index (χ2n) is 6.58. The molecule has 1 saturated carbocycles. The first-order valence-electron chi connectivity index (χ1n) is 8.63. The zero-order valence-corrected chi connectivity index (χ0v) is 14.6. The minimum absolute atomic E-state index is 0.206. The van der Waals surface area contributed by atoms with Crippen LogP contribution in [-0.4, -0.2) is 26.0 Å². The molecule has 0 bridgehead atoms. The van der Waals surface area contributed by atoms with Gasteiger partial charge in [0.2, 0.25) is 11.7 Å². The molecule has 0 spiro atoms. The largest absolute Gasteiger partial charge is 0.341 e. The van der Waals surface area contributed by atoms with Gasteiger partial charge in [0.15, 0.2) is 0 Å². The summed E-state index contributed by atoms with van der Waals surface area (Å²) >= 11 is 0. The molecular formula is C19H19N5O2. The summed E-state index contributed by atoms with van der Waals surface area (Å²) in [6.45, 7) is 3.65. The molecule has 4 rings (SSSR count). The van der Waals surface area contributed by atoms with Crippen molar-refractivity contribution in [1.29, 1.82) is 0 Å². The highest BCUT2D eigenvalue weighted by molar-refractivity contribution is 5.94. The second kappa shape index (κ2) is 6.67. The lowest BCUT2D eigenvalue weighted by Crippen LogP contribution is -2.27. The minimum atomic E-state index is -0.401. The number of pyridine rings is 2. The van der Waals surface area contributed by atoms with Gasteiger partial charge in [-0.05, 0) is 51.0 Å². The zero-order chi connectivity index (χ0) is 18.1. The lowest BCUT2D eigenvalue weighted by Gasteiger charge is -2.09.